The standard InChI is InChI=1S/C11H16F2N4O/c1-7-5-9(13)10(6-8(7)12)16-11(17-14)15-3-4-18-2/h5-6H,3-4,14H2,1-2H3,(H2,15,16,17). The number of methoxy groups -OCH3 is 1. The van der Waals surface area contributed by atoms with Crippen LogP contribution in [-0.2, 0) is 4.74 Å². The summed E-state index contributed by atoms with van der Waals surface area (Å²) in [5, 5.41) is 2.57. The molecule has 7 heteroatoms. The van der Waals surface area contributed by atoms with Crippen molar-refractivity contribution in [3.63, 3.8) is 0 Å². The molecule has 0 unspecified atom stereocenters. The molecular weight excluding hydrogens is 242 g/mol. The fourth-order valence-corrected chi connectivity index (χ4v) is 1.24. The summed E-state index contributed by atoms with van der Waals surface area (Å²) in [5.74, 6) is 4.27. The van der Waals surface area contributed by atoms with Crippen LogP contribution in [0.3, 0.4) is 0 Å². The van der Waals surface area contributed by atoms with E-state index in [4.69, 9.17) is 10.6 Å². The van der Waals surface area contributed by atoms with Crippen LogP contribution >= 0.6 is 0 Å². The fraction of sp³-hybridized carbons (Fsp3) is 0.364. The number of nitrogens with zero attached hydrogens (tertiary/aromatic N) is 1. The van der Waals surface area contributed by atoms with Crippen molar-refractivity contribution in [2.24, 2.45) is 10.8 Å². The molecule has 1 aromatic rings. The van der Waals surface area contributed by atoms with E-state index < -0.39 is 11.6 Å². The highest BCUT2D eigenvalue weighted by molar-refractivity contribution is 5.93. The highest BCUT2D eigenvalue weighted by Crippen LogP contribution is 2.18. The summed E-state index contributed by atoms with van der Waals surface area (Å²) < 4.78 is 31.6. The minimum Gasteiger partial charge on any atom is -0.383 e. The number of anilines is 1. The van der Waals surface area contributed by atoms with Crippen LogP contribution in [0.4, 0.5) is 14.5 Å². The monoisotopic (exact) mass is 258 g/mol. The van der Waals surface area contributed by atoms with Gasteiger partial charge in [0.1, 0.15) is 11.6 Å². The van der Waals surface area contributed by atoms with E-state index in [1.165, 1.54) is 14.0 Å². The summed E-state index contributed by atoms with van der Waals surface area (Å²) in [6.45, 7) is 2.23. The first-order valence-electron chi connectivity index (χ1n) is 5.31. The molecule has 1 rings (SSSR count). The lowest BCUT2D eigenvalue weighted by atomic mass is 10.2. The van der Waals surface area contributed by atoms with Crippen molar-refractivity contribution in [1.29, 1.82) is 0 Å². The summed E-state index contributed by atoms with van der Waals surface area (Å²) in [6, 6.07) is 2.15. The molecule has 0 atom stereocenters. The van der Waals surface area contributed by atoms with Gasteiger partial charge in [0.25, 0.3) is 0 Å². The number of aliphatic imine (C=N–C) groups is 1. The smallest absolute Gasteiger partial charge is 0.210 e. The fourth-order valence-electron chi connectivity index (χ4n) is 1.24. The maximum atomic E-state index is 13.5. The van der Waals surface area contributed by atoms with Crippen LogP contribution in [0.25, 0.3) is 0 Å². The van der Waals surface area contributed by atoms with Crippen molar-refractivity contribution in [2.75, 3.05) is 25.6 Å². The molecule has 0 spiro atoms. The lowest BCUT2D eigenvalue weighted by Gasteiger charge is -2.11. The Bertz CT molecular complexity index is 437. The average Bonchev–Trinajstić information content (AvgIpc) is 2.34. The third-order valence-electron chi connectivity index (χ3n) is 2.20. The number of nitrogens with two attached hydrogens (primary N) is 1. The summed E-state index contributed by atoms with van der Waals surface area (Å²) >= 11 is 0. The number of aryl methyl sites for hydroxylation is 1. The average molecular weight is 258 g/mol. The Hall–Kier alpha value is -1.73. The third-order valence-corrected chi connectivity index (χ3v) is 2.20. The Balaban J connectivity index is 2.81. The first-order chi connectivity index (χ1) is 8.58. The number of ether oxygens (including phenoxy) is 1. The summed E-state index contributed by atoms with van der Waals surface area (Å²) in [5.41, 5.74) is 2.46. The molecule has 0 aliphatic heterocycles. The van der Waals surface area contributed by atoms with Gasteiger partial charge < -0.3 is 10.1 Å². The number of benzene rings is 1. The van der Waals surface area contributed by atoms with Crippen LogP contribution < -0.4 is 16.6 Å². The molecule has 0 aromatic heterocycles. The molecule has 0 aliphatic rings. The van der Waals surface area contributed by atoms with Gasteiger partial charge in [-0.25, -0.2) is 19.6 Å². The van der Waals surface area contributed by atoms with Gasteiger partial charge in [0.05, 0.1) is 18.8 Å². The van der Waals surface area contributed by atoms with E-state index in [0.29, 0.717) is 13.2 Å². The van der Waals surface area contributed by atoms with E-state index in [9.17, 15) is 8.78 Å². The number of nitrogens with one attached hydrogen (secondary N) is 2. The molecular formula is C11H16F2N4O. The molecule has 0 heterocycles. The van der Waals surface area contributed by atoms with Gasteiger partial charge in [-0.2, -0.15) is 0 Å². The zero-order valence-electron chi connectivity index (χ0n) is 10.3. The number of rotatable bonds is 4. The molecule has 0 aliphatic carbocycles. The molecule has 1 aromatic carbocycles. The summed E-state index contributed by atoms with van der Waals surface area (Å²) in [4.78, 5) is 3.98. The highest BCUT2D eigenvalue weighted by Gasteiger charge is 2.08. The molecule has 4 N–H and O–H groups in total. The normalized spacial score (nSPS) is 11.5. The van der Waals surface area contributed by atoms with E-state index in [2.05, 4.69) is 15.7 Å². The number of hydrazine groups is 1. The predicted octanol–water partition coefficient (Wildman–Crippen LogP) is 1.15. The molecule has 0 radical (unpaired) electrons. The molecule has 0 amide bonds. The van der Waals surface area contributed by atoms with Crippen molar-refractivity contribution in [1.82, 2.24) is 5.43 Å². The quantitative estimate of drug-likeness (QED) is 0.249. The van der Waals surface area contributed by atoms with E-state index >= 15 is 0 Å². The lowest BCUT2D eigenvalue weighted by molar-refractivity contribution is 0.208. The number of halogens is 2. The van der Waals surface area contributed by atoms with E-state index in [1.54, 1.807) is 0 Å². The molecule has 18 heavy (non-hydrogen) atoms. The minimum absolute atomic E-state index is 0.0350. The zero-order chi connectivity index (χ0) is 13.5. The summed E-state index contributed by atoms with van der Waals surface area (Å²) in [7, 11) is 1.54. The zero-order valence-corrected chi connectivity index (χ0v) is 10.3. The Morgan fingerprint density at radius 1 is 1.39 bits per heavy atom. The second kappa shape index (κ2) is 6.87. The Morgan fingerprint density at radius 2 is 2.11 bits per heavy atom. The molecule has 0 fully saturated rings. The number of hydrogen-bond donors (Lipinski definition) is 3. The molecule has 5 nitrogen and oxygen atoms in total. The van der Waals surface area contributed by atoms with Crippen molar-refractivity contribution in [3.05, 3.63) is 29.3 Å². The van der Waals surface area contributed by atoms with Crippen LogP contribution in [-0.4, -0.2) is 26.2 Å². The maximum absolute atomic E-state index is 13.5. The van der Waals surface area contributed by atoms with Gasteiger partial charge in [-0.3, -0.25) is 5.43 Å². The number of guanidine groups is 1. The van der Waals surface area contributed by atoms with E-state index in [-0.39, 0.29) is 17.2 Å². The number of hydrogen-bond acceptors (Lipinski definition) is 3. The SMILES string of the molecule is COCCN=C(NN)Nc1cc(F)c(C)cc1F. The van der Waals surface area contributed by atoms with Crippen LogP contribution in [0.15, 0.2) is 17.1 Å². The van der Waals surface area contributed by atoms with Gasteiger partial charge in [0.2, 0.25) is 5.96 Å². The minimum atomic E-state index is -0.580. The molecule has 100 valence electrons. The van der Waals surface area contributed by atoms with Crippen molar-refractivity contribution < 1.29 is 13.5 Å². The first kappa shape index (κ1) is 14.3. The van der Waals surface area contributed by atoms with Crippen molar-refractivity contribution in [2.45, 2.75) is 6.92 Å². The van der Waals surface area contributed by atoms with Crippen LogP contribution in [0.1, 0.15) is 5.56 Å². The second-order valence-electron chi connectivity index (χ2n) is 3.57. The van der Waals surface area contributed by atoms with Crippen LogP contribution in [0.2, 0.25) is 0 Å². The van der Waals surface area contributed by atoms with Crippen molar-refractivity contribution in [3.8, 4) is 0 Å². The largest absolute Gasteiger partial charge is 0.383 e. The van der Waals surface area contributed by atoms with Crippen LogP contribution in [0, 0.1) is 18.6 Å². The highest BCUT2D eigenvalue weighted by atomic mass is 19.1. The maximum Gasteiger partial charge on any atom is 0.210 e. The summed E-state index contributed by atoms with van der Waals surface area (Å²) in [6.07, 6.45) is 0. The van der Waals surface area contributed by atoms with E-state index in [1.807, 2.05) is 0 Å². The Kier molecular flexibility index (Phi) is 5.47. The first-order valence-corrected chi connectivity index (χ1v) is 5.31. The Labute approximate surface area is 104 Å². The van der Waals surface area contributed by atoms with Gasteiger partial charge in [0.15, 0.2) is 0 Å². The van der Waals surface area contributed by atoms with E-state index in [0.717, 1.165) is 12.1 Å². The van der Waals surface area contributed by atoms with Crippen LogP contribution in [0.5, 0.6) is 0 Å². The molecule has 0 bridgehead atoms. The lowest BCUT2D eigenvalue weighted by Crippen LogP contribution is -2.36. The molecule has 0 saturated carbocycles. The van der Waals surface area contributed by atoms with Gasteiger partial charge >= 0.3 is 0 Å². The van der Waals surface area contributed by atoms with Crippen molar-refractivity contribution >= 4 is 11.6 Å². The Morgan fingerprint density at radius 3 is 2.72 bits per heavy atom. The predicted molar refractivity (Wildman–Crippen MR) is 66.2 cm³/mol. The second-order valence-corrected chi connectivity index (χ2v) is 3.57. The van der Waals surface area contributed by atoms with Gasteiger partial charge in [-0.1, -0.05) is 0 Å². The van der Waals surface area contributed by atoms with Gasteiger partial charge in [0, 0.05) is 13.2 Å². The van der Waals surface area contributed by atoms with Gasteiger partial charge in [-0.15, -0.1) is 0 Å². The van der Waals surface area contributed by atoms with Gasteiger partial charge in [-0.05, 0) is 18.6 Å². The third kappa shape index (κ3) is 3.94. The molecule has 0 saturated heterocycles. The topological polar surface area (TPSA) is 71.7 Å².